The van der Waals surface area contributed by atoms with Crippen LogP contribution in [0, 0.1) is 11.8 Å². The Morgan fingerprint density at radius 2 is 2.04 bits per heavy atom. The Hall–Kier alpha value is -0.460. The third-order valence-corrected chi connectivity index (χ3v) is 5.58. The lowest BCUT2D eigenvalue weighted by Gasteiger charge is -2.31. The number of nitrogens with one attached hydrogen (secondary N) is 2. The molecule has 24 heavy (non-hydrogen) atoms. The Labute approximate surface area is 161 Å². The summed E-state index contributed by atoms with van der Waals surface area (Å²) >= 11 is 2.03. The monoisotopic (exact) mass is 391 g/mol. The first kappa shape index (κ1) is 21.6. The van der Waals surface area contributed by atoms with Crippen LogP contribution in [0.3, 0.4) is 0 Å². The van der Waals surface area contributed by atoms with Crippen LogP contribution in [0.15, 0.2) is 24.3 Å². The largest absolute Gasteiger partial charge is 0.326 e. The zero-order chi connectivity index (χ0) is 15.4. The molecule has 0 radical (unpaired) electrons. The molecule has 2 heterocycles. The second-order valence-electron chi connectivity index (χ2n) is 6.29. The molecule has 1 aromatic rings. The first-order valence-corrected chi connectivity index (χ1v) is 9.28. The van der Waals surface area contributed by atoms with Crippen LogP contribution in [0.2, 0.25) is 0 Å². The average molecular weight is 392 g/mol. The average Bonchev–Trinajstić information content (AvgIpc) is 2.47. The zero-order valence-electron chi connectivity index (χ0n) is 14.0. The molecule has 0 saturated carbocycles. The van der Waals surface area contributed by atoms with E-state index in [2.05, 4.69) is 27.7 Å². The number of carbonyl (C=O) groups excluding carboxylic acids is 1. The van der Waals surface area contributed by atoms with Gasteiger partial charge in [0.15, 0.2) is 0 Å². The van der Waals surface area contributed by atoms with Crippen LogP contribution in [0.25, 0.3) is 0 Å². The van der Waals surface area contributed by atoms with Crippen molar-refractivity contribution in [2.45, 2.75) is 13.5 Å². The van der Waals surface area contributed by atoms with Crippen LogP contribution < -0.4 is 10.6 Å². The van der Waals surface area contributed by atoms with Gasteiger partial charge in [-0.15, -0.1) is 24.8 Å². The molecule has 1 unspecified atom stereocenters. The van der Waals surface area contributed by atoms with Gasteiger partial charge in [0, 0.05) is 42.7 Å². The van der Waals surface area contributed by atoms with Gasteiger partial charge >= 0.3 is 0 Å². The number of halogens is 2. The molecule has 0 aromatic heterocycles. The Kier molecular flexibility index (Phi) is 9.45. The first-order valence-electron chi connectivity index (χ1n) is 8.13. The number of benzene rings is 1. The number of amides is 1. The number of rotatable bonds is 5. The van der Waals surface area contributed by atoms with Crippen LogP contribution in [0.1, 0.15) is 12.5 Å². The van der Waals surface area contributed by atoms with Crippen molar-refractivity contribution < 1.29 is 4.79 Å². The Balaban J connectivity index is 0.00000144. The second kappa shape index (κ2) is 10.5. The highest BCUT2D eigenvalue weighted by molar-refractivity contribution is 7.99. The molecule has 136 valence electrons. The van der Waals surface area contributed by atoms with Crippen molar-refractivity contribution in [1.82, 2.24) is 10.2 Å². The molecule has 0 aliphatic carbocycles. The maximum Gasteiger partial charge on any atom is 0.227 e. The topological polar surface area (TPSA) is 44.4 Å². The van der Waals surface area contributed by atoms with E-state index in [1.165, 1.54) is 17.1 Å². The molecule has 2 aliphatic heterocycles. The highest BCUT2D eigenvalue weighted by Gasteiger charge is 2.28. The van der Waals surface area contributed by atoms with Crippen molar-refractivity contribution >= 4 is 48.2 Å². The van der Waals surface area contributed by atoms with E-state index in [0.717, 1.165) is 38.4 Å². The van der Waals surface area contributed by atoms with Crippen molar-refractivity contribution in [3.63, 3.8) is 0 Å². The molecule has 0 spiro atoms. The smallest absolute Gasteiger partial charge is 0.227 e. The summed E-state index contributed by atoms with van der Waals surface area (Å²) in [4.78, 5) is 14.8. The molecular formula is C17H27Cl2N3OS. The first-order chi connectivity index (χ1) is 10.7. The fourth-order valence-electron chi connectivity index (χ4n) is 2.90. The lowest BCUT2D eigenvalue weighted by molar-refractivity contribution is -0.121. The van der Waals surface area contributed by atoms with E-state index in [9.17, 15) is 4.79 Å². The number of anilines is 1. The minimum Gasteiger partial charge on any atom is -0.326 e. The van der Waals surface area contributed by atoms with Crippen molar-refractivity contribution in [2.24, 2.45) is 11.8 Å². The lowest BCUT2D eigenvalue weighted by atomic mass is 9.88. The summed E-state index contributed by atoms with van der Waals surface area (Å²) in [7, 11) is 0. The molecule has 1 aromatic carbocycles. The van der Waals surface area contributed by atoms with Gasteiger partial charge in [0.1, 0.15) is 0 Å². The van der Waals surface area contributed by atoms with Crippen LogP contribution in [0.5, 0.6) is 0 Å². The predicted molar refractivity (Wildman–Crippen MR) is 108 cm³/mol. The molecule has 2 fully saturated rings. The van der Waals surface area contributed by atoms with E-state index >= 15 is 0 Å². The van der Waals surface area contributed by atoms with Gasteiger partial charge in [-0.1, -0.05) is 19.1 Å². The number of hydrogen-bond acceptors (Lipinski definition) is 4. The third-order valence-electron chi connectivity index (χ3n) is 4.64. The summed E-state index contributed by atoms with van der Waals surface area (Å²) in [5.41, 5.74) is 2.20. The number of hydrogen-bond donors (Lipinski definition) is 2. The SMILES string of the molecule is CC(C(=O)Nc1cccc(CN2CCSCC2)c1)C1CNC1.Cl.Cl. The van der Waals surface area contributed by atoms with Crippen molar-refractivity contribution in [1.29, 1.82) is 0 Å². The Morgan fingerprint density at radius 1 is 1.33 bits per heavy atom. The van der Waals surface area contributed by atoms with Crippen LogP contribution in [-0.4, -0.2) is 48.5 Å². The molecule has 1 atom stereocenters. The summed E-state index contributed by atoms with van der Waals surface area (Å²) < 4.78 is 0. The van der Waals surface area contributed by atoms with Gasteiger partial charge in [0.05, 0.1) is 0 Å². The van der Waals surface area contributed by atoms with E-state index in [-0.39, 0.29) is 36.6 Å². The molecule has 3 rings (SSSR count). The van der Waals surface area contributed by atoms with E-state index < -0.39 is 0 Å². The second-order valence-corrected chi connectivity index (χ2v) is 7.51. The highest BCUT2D eigenvalue weighted by atomic mass is 35.5. The zero-order valence-corrected chi connectivity index (χ0v) is 16.4. The van der Waals surface area contributed by atoms with Crippen molar-refractivity contribution in [2.75, 3.05) is 43.0 Å². The van der Waals surface area contributed by atoms with Gasteiger partial charge in [-0.05, 0) is 36.7 Å². The van der Waals surface area contributed by atoms with Crippen LogP contribution in [-0.2, 0) is 11.3 Å². The standard InChI is InChI=1S/C17H25N3OS.2ClH/c1-13(15-10-18-11-15)17(21)19-16-4-2-3-14(9-16)12-20-5-7-22-8-6-20;;/h2-4,9,13,15,18H,5-8,10-12H2,1H3,(H,19,21);2*1H. The van der Waals surface area contributed by atoms with Crippen LogP contribution in [0.4, 0.5) is 5.69 Å². The summed E-state index contributed by atoms with van der Waals surface area (Å²) in [6.45, 7) is 7.24. The maximum absolute atomic E-state index is 12.3. The van der Waals surface area contributed by atoms with Gasteiger partial charge in [-0.3, -0.25) is 9.69 Å². The number of thioether (sulfide) groups is 1. The van der Waals surface area contributed by atoms with Crippen molar-refractivity contribution in [3.8, 4) is 0 Å². The minimum atomic E-state index is 0. The van der Waals surface area contributed by atoms with Gasteiger partial charge in [0.25, 0.3) is 0 Å². The number of carbonyl (C=O) groups is 1. The van der Waals surface area contributed by atoms with Gasteiger partial charge < -0.3 is 10.6 Å². The predicted octanol–water partition coefficient (Wildman–Crippen LogP) is 2.87. The minimum absolute atomic E-state index is 0. The summed E-state index contributed by atoms with van der Waals surface area (Å²) in [5, 5.41) is 6.31. The van der Waals surface area contributed by atoms with E-state index in [1.807, 2.05) is 30.8 Å². The molecule has 2 aliphatic rings. The molecular weight excluding hydrogens is 365 g/mol. The fraction of sp³-hybridized carbons (Fsp3) is 0.588. The van der Waals surface area contributed by atoms with E-state index in [1.54, 1.807) is 0 Å². The van der Waals surface area contributed by atoms with E-state index in [4.69, 9.17) is 0 Å². The molecule has 0 bridgehead atoms. The highest BCUT2D eigenvalue weighted by Crippen LogP contribution is 2.20. The maximum atomic E-state index is 12.3. The summed E-state index contributed by atoms with van der Waals surface area (Å²) in [6, 6.07) is 8.29. The van der Waals surface area contributed by atoms with Gasteiger partial charge in [-0.25, -0.2) is 0 Å². The molecule has 1 amide bonds. The fourth-order valence-corrected chi connectivity index (χ4v) is 3.88. The summed E-state index contributed by atoms with van der Waals surface area (Å²) in [5.74, 6) is 3.14. The van der Waals surface area contributed by atoms with Crippen molar-refractivity contribution in [3.05, 3.63) is 29.8 Å². The molecule has 2 saturated heterocycles. The lowest BCUT2D eigenvalue weighted by Crippen LogP contribution is -2.48. The molecule has 7 heteroatoms. The third kappa shape index (κ3) is 5.81. The molecule has 4 nitrogen and oxygen atoms in total. The van der Waals surface area contributed by atoms with Gasteiger partial charge in [-0.2, -0.15) is 11.8 Å². The Bertz CT molecular complexity index is 522. The normalized spacial score (nSPS) is 19.4. The summed E-state index contributed by atoms with van der Waals surface area (Å²) in [6.07, 6.45) is 0. The van der Waals surface area contributed by atoms with Crippen LogP contribution >= 0.6 is 36.6 Å². The quantitative estimate of drug-likeness (QED) is 0.809. The Morgan fingerprint density at radius 3 is 2.67 bits per heavy atom. The van der Waals surface area contributed by atoms with Gasteiger partial charge in [0.2, 0.25) is 5.91 Å². The number of nitrogens with zero attached hydrogens (tertiary/aromatic N) is 1. The molecule has 2 N–H and O–H groups in total. The van der Waals surface area contributed by atoms with E-state index in [0.29, 0.717) is 5.92 Å².